The summed E-state index contributed by atoms with van der Waals surface area (Å²) in [5, 5.41) is 9.41. The maximum absolute atomic E-state index is 12.9. The Morgan fingerprint density at radius 3 is 2.18 bits per heavy atom. The average Bonchev–Trinajstić information content (AvgIpc) is 3.24. The van der Waals surface area contributed by atoms with Gasteiger partial charge in [0.05, 0.1) is 5.92 Å². The Labute approximate surface area is 163 Å². The van der Waals surface area contributed by atoms with Crippen molar-refractivity contribution >= 4 is 12.1 Å². The molecule has 1 saturated carbocycles. The molecule has 1 amide bonds. The Morgan fingerprint density at radius 2 is 1.64 bits per heavy atom. The van der Waals surface area contributed by atoms with Crippen molar-refractivity contribution in [3.05, 3.63) is 59.7 Å². The van der Waals surface area contributed by atoms with Gasteiger partial charge in [0.2, 0.25) is 0 Å². The van der Waals surface area contributed by atoms with Gasteiger partial charge in [0.1, 0.15) is 6.61 Å². The zero-order valence-corrected chi connectivity index (χ0v) is 15.6. The van der Waals surface area contributed by atoms with E-state index < -0.39 is 11.9 Å². The van der Waals surface area contributed by atoms with Gasteiger partial charge in [0, 0.05) is 18.0 Å². The Morgan fingerprint density at radius 1 is 1.04 bits per heavy atom. The number of carbonyl (C=O) groups is 2. The number of benzene rings is 2. The lowest BCUT2D eigenvalue weighted by Crippen LogP contribution is -2.52. The highest BCUT2D eigenvalue weighted by Crippen LogP contribution is 2.48. The van der Waals surface area contributed by atoms with Gasteiger partial charge in [-0.05, 0) is 47.9 Å². The highest BCUT2D eigenvalue weighted by molar-refractivity contribution is 5.79. The molecule has 28 heavy (non-hydrogen) atoms. The molecule has 1 aliphatic heterocycles. The van der Waals surface area contributed by atoms with Crippen molar-refractivity contribution in [1.82, 2.24) is 4.90 Å². The monoisotopic (exact) mass is 377 g/mol. The van der Waals surface area contributed by atoms with E-state index in [9.17, 15) is 14.7 Å². The molecule has 1 atom stereocenters. The minimum absolute atomic E-state index is 0.0200. The number of nitrogens with zero attached hydrogens (tertiary/aromatic N) is 1. The normalized spacial score (nSPS) is 21.9. The molecule has 5 rings (SSSR count). The van der Waals surface area contributed by atoms with Crippen LogP contribution in [-0.4, -0.2) is 40.8 Å². The van der Waals surface area contributed by atoms with Crippen LogP contribution in [-0.2, 0) is 9.53 Å². The minimum Gasteiger partial charge on any atom is -0.481 e. The topological polar surface area (TPSA) is 66.8 Å². The van der Waals surface area contributed by atoms with Crippen LogP contribution < -0.4 is 0 Å². The smallest absolute Gasteiger partial charge is 0.410 e. The van der Waals surface area contributed by atoms with E-state index in [1.165, 1.54) is 22.3 Å². The van der Waals surface area contributed by atoms with Crippen LogP contribution in [0.1, 0.15) is 42.7 Å². The van der Waals surface area contributed by atoms with E-state index in [-0.39, 0.29) is 30.7 Å². The zero-order chi connectivity index (χ0) is 19.3. The van der Waals surface area contributed by atoms with Gasteiger partial charge in [0.15, 0.2) is 0 Å². The summed E-state index contributed by atoms with van der Waals surface area (Å²) in [5.74, 6) is -1.28. The molecule has 5 heteroatoms. The minimum atomic E-state index is -0.819. The molecule has 0 aromatic heterocycles. The van der Waals surface area contributed by atoms with Crippen molar-refractivity contribution in [3.63, 3.8) is 0 Å². The van der Waals surface area contributed by atoms with Crippen LogP contribution in [0.4, 0.5) is 4.79 Å². The maximum atomic E-state index is 12.9. The Hall–Kier alpha value is -2.82. The van der Waals surface area contributed by atoms with Gasteiger partial charge in [-0.25, -0.2) is 4.79 Å². The third-order valence-electron chi connectivity index (χ3n) is 6.79. The summed E-state index contributed by atoms with van der Waals surface area (Å²) in [6, 6.07) is 16.5. The number of ether oxygens (including phenoxy) is 1. The predicted octanol–water partition coefficient (Wildman–Crippen LogP) is 4.26. The van der Waals surface area contributed by atoms with Crippen molar-refractivity contribution in [2.24, 2.45) is 5.92 Å². The molecule has 0 radical (unpaired) electrons. The predicted molar refractivity (Wildman–Crippen MR) is 104 cm³/mol. The standard InChI is InChI=1S/C23H23NO4/c25-21(26)15-12-23(10-5-11-23)24(13-15)22(27)28-14-20-18-8-3-1-6-16(18)17-7-2-4-9-19(17)20/h1-4,6-9,15,20H,5,10-14H2,(H,25,26). The largest absolute Gasteiger partial charge is 0.481 e. The second-order valence-electron chi connectivity index (χ2n) is 8.23. The number of rotatable bonds is 3. The fraction of sp³-hybridized carbons (Fsp3) is 0.391. The molecule has 1 unspecified atom stereocenters. The molecule has 2 fully saturated rings. The molecule has 5 nitrogen and oxygen atoms in total. The van der Waals surface area contributed by atoms with Crippen LogP contribution in [0, 0.1) is 5.92 Å². The molecule has 1 heterocycles. The number of hydrogen-bond acceptors (Lipinski definition) is 3. The first kappa shape index (κ1) is 17.3. The van der Waals surface area contributed by atoms with Crippen LogP contribution in [0.25, 0.3) is 11.1 Å². The summed E-state index contributed by atoms with van der Waals surface area (Å²) in [5.41, 5.74) is 4.45. The summed E-state index contributed by atoms with van der Waals surface area (Å²) < 4.78 is 5.78. The second kappa shape index (κ2) is 6.36. The van der Waals surface area contributed by atoms with E-state index in [1.807, 2.05) is 24.3 Å². The van der Waals surface area contributed by atoms with Gasteiger partial charge in [-0.1, -0.05) is 48.5 Å². The van der Waals surface area contributed by atoms with E-state index in [0.29, 0.717) is 6.42 Å². The highest BCUT2D eigenvalue weighted by atomic mass is 16.6. The van der Waals surface area contributed by atoms with Gasteiger partial charge < -0.3 is 14.7 Å². The Kier molecular flexibility index (Phi) is 3.93. The first-order chi connectivity index (χ1) is 13.6. The Balaban J connectivity index is 1.35. The maximum Gasteiger partial charge on any atom is 0.410 e. The molecule has 2 aromatic rings. The number of amides is 1. The number of hydrogen-bond donors (Lipinski definition) is 1. The van der Waals surface area contributed by atoms with E-state index in [4.69, 9.17) is 4.74 Å². The van der Waals surface area contributed by atoms with Crippen LogP contribution in [0.2, 0.25) is 0 Å². The fourth-order valence-electron chi connectivity index (χ4n) is 5.21. The summed E-state index contributed by atoms with van der Waals surface area (Å²) >= 11 is 0. The van der Waals surface area contributed by atoms with E-state index >= 15 is 0 Å². The molecule has 3 aliphatic rings. The van der Waals surface area contributed by atoms with E-state index in [0.717, 1.165) is 19.3 Å². The van der Waals surface area contributed by atoms with E-state index in [2.05, 4.69) is 24.3 Å². The van der Waals surface area contributed by atoms with Crippen LogP contribution >= 0.6 is 0 Å². The number of carboxylic acids is 1. The summed E-state index contributed by atoms with van der Waals surface area (Å²) in [6.45, 7) is 0.531. The molecule has 1 saturated heterocycles. The lowest BCUT2D eigenvalue weighted by Gasteiger charge is -2.45. The number of aliphatic carboxylic acids is 1. The van der Waals surface area contributed by atoms with Crippen molar-refractivity contribution in [2.75, 3.05) is 13.2 Å². The number of carboxylic acid groups (broad SMARTS) is 1. The number of carbonyl (C=O) groups excluding carboxylic acids is 1. The van der Waals surface area contributed by atoms with Gasteiger partial charge in [-0.15, -0.1) is 0 Å². The zero-order valence-electron chi connectivity index (χ0n) is 15.6. The fourth-order valence-corrected chi connectivity index (χ4v) is 5.21. The summed E-state index contributed by atoms with van der Waals surface area (Å²) in [7, 11) is 0. The number of fused-ring (bicyclic) bond motifs is 3. The molecule has 2 aromatic carbocycles. The molecule has 0 bridgehead atoms. The van der Waals surface area contributed by atoms with Crippen molar-refractivity contribution in [1.29, 1.82) is 0 Å². The molecular formula is C23H23NO4. The van der Waals surface area contributed by atoms with Gasteiger partial charge in [0.25, 0.3) is 0 Å². The summed E-state index contributed by atoms with van der Waals surface area (Å²) in [6.07, 6.45) is 2.97. The third-order valence-corrected chi connectivity index (χ3v) is 6.79. The number of likely N-dealkylation sites (tertiary alicyclic amines) is 1. The van der Waals surface area contributed by atoms with Crippen molar-refractivity contribution in [2.45, 2.75) is 37.1 Å². The van der Waals surface area contributed by atoms with E-state index in [1.54, 1.807) is 4.90 Å². The molecule has 1 N–H and O–H groups in total. The quantitative estimate of drug-likeness (QED) is 0.868. The lowest BCUT2D eigenvalue weighted by atomic mass is 9.73. The summed E-state index contributed by atoms with van der Waals surface area (Å²) in [4.78, 5) is 26.1. The van der Waals surface area contributed by atoms with Crippen molar-refractivity contribution < 1.29 is 19.4 Å². The van der Waals surface area contributed by atoms with Crippen LogP contribution in [0.5, 0.6) is 0 Å². The Bertz CT molecular complexity index is 904. The molecule has 2 aliphatic carbocycles. The van der Waals surface area contributed by atoms with Gasteiger partial charge >= 0.3 is 12.1 Å². The van der Waals surface area contributed by atoms with Crippen molar-refractivity contribution in [3.8, 4) is 11.1 Å². The van der Waals surface area contributed by atoms with Gasteiger partial charge in [-0.3, -0.25) is 4.79 Å². The van der Waals surface area contributed by atoms with Gasteiger partial charge in [-0.2, -0.15) is 0 Å². The van der Waals surface area contributed by atoms with Crippen LogP contribution in [0.3, 0.4) is 0 Å². The molecular weight excluding hydrogens is 354 g/mol. The van der Waals surface area contributed by atoms with Crippen LogP contribution in [0.15, 0.2) is 48.5 Å². The third kappa shape index (κ3) is 2.53. The molecule has 144 valence electrons. The highest BCUT2D eigenvalue weighted by Gasteiger charge is 2.54. The molecule has 1 spiro atoms. The SMILES string of the molecule is O=C(O)C1CN(C(=O)OCC2c3ccccc3-c3ccccc32)C2(CCC2)C1. The first-order valence-corrected chi connectivity index (χ1v) is 9.94. The average molecular weight is 377 g/mol. The lowest BCUT2D eigenvalue weighted by molar-refractivity contribution is -0.141. The second-order valence-corrected chi connectivity index (χ2v) is 8.23. The first-order valence-electron chi connectivity index (χ1n) is 9.94.